The number of amides is 1. The molecule has 0 spiro atoms. The highest BCUT2D eigenvalue weighted by molar-refractivity contribution is 7.99. The number of para-hydroxylation sites is 1. The number of thioether (sulfide) groups is 1. The number of fused-ring (bicyclic) bond motifs is 1. The van der Waals surface area contributed by atoms with E-state index >= 15 is 0 Å². The molecule has 1 amide bonds. The van der Waals surface area contributed by atoms with Gasteiger partial charge in [-0.25, -0.2) is 4.98 Å². The van der Waals surface area contributed by atoms with Crippen LogP contribution >= 0.6 is 35.0 Å². The summed E-state index contributed by atoms with van der Waals surface area (Å²) in [6.45, 7) is 0.960. The van der Waals surface area contributed by atoms with Gasteiger partial charge in [0.15, 0.2) is 5.16 Å². The van der Waals surface area contributed by atoms with Gasteiger partial charge < -0.3 is 9.88 Å². The molecule has 0 atom stereocenters. The van der Waals surface area contributed by atoms with Crippen molar-refractivity contribution in [1.29, 1.82) is 0 Å². The van der Waals surface area contributed by atoms with E-state index in [0.717, 1.165) is 28.7 Å². The lowest BCUT2D eigenvalue weighted by atomic mass is 10.1. The first kappa shape index (κ1) is 16.5. The van der Waals surface area contributed by atoms with Gasteiger partial charge in [-0.2, -0.15) is 0 Å². The van der Waals surface area contributed by atoms with Crippen LogP contribution in [0.5, 0.6) is 0 Å². The Morgan fingerprint density at radius 1 is 1.20 bits per heavy atom. The van der Waals surface area contributed by atoms with Crippen molar-refractivity contribution < 1.29 is 4.79 Å². The highest BCUT2D eigenvalue weighted by atomic mass is 35.5. The Balaban J connectivity index is 1.65. The summed E-state index contributed by atoms with van der Waals surface area (Å²) in [6, 6.07) is 12.4. The lowest BCUT2D eigenvalue weighted by Crippen LogP contribution is -2.13. The van der Waals surface area contributed by atoms with E-state index in [9.17, 15) is 4.79 Å². The Bertz CT molecular complexity index is 949. The molecular weight excluding hydrogens is 377 g/mol. The van der Waals surface area contributed by atoms with Crippen molar-refractivity contribution in [2.24, 2.45) is 0 Å². The molecule has 4 rings (SSSR count). The van der Waals surface area contributed by atoms with Crippen LogP contribution in [0.25, 0.3) is 11.3 Å². The zero-order valence-electron chi connectivity index (χ0n) is 13.0. The maximum Gasteiger partial charge on any atom is 0.257 e. The van der Waals surface area contributed by atoms with Crippen molar-refractivity contribution in [2.45, 2.75) is 11.7 Å². The molecule has 0 aliphatic carbocycles. The van der Waals surface area contributed by atoms with Crippen LogP contribution < -0.4 is 5.32 Å². The van der Waals surface area contributed by atoms with Gasteiger partial charge in [0.25, 0.3) is 5.91 Å². The number of carbonyl (C=O) groups excluding carboxylic acids is 1. The van der Waals surface area contributed by atoms with Gasteiger partial charge in [0, 0.05) is 29.1 Å². The van der Waals surface area contributed by atoms with E-state index in [1.54, 1.807) is 30.0 Å². The smallest absolute Gasteiger partial charge is 0.257 e. The lowest BCUT2D eigenvalue weighted by Gasteiger charge is -2.10. The first-order valence-corrected chi connectivity index (χ1v) is 9.42. The Labute approximate surface area is 159 Å². The van der Waals surface area contributed by atoms with Gasteiger partial charge in [0.2, 0.25) is 0 Å². The van der Waals surface area contributed by atoms with Crippen molar-refractivity contribution in [3.05, 3.63) is 64.3 Å². The average molecular weight is 390 g/mol. The summed E-state index contributed by atoms with van der Waals surface area (Å²) >= 11 is 13.8. The van der Waals surface area contributed by atoms with E-state index < -0.39 is 0 Å². The highest BCUT2D eigenvalue weighted by Gasteiger charge is 2.18. The molecule has 7 heteroatoms. The van der Waals surface area contributed by atoms with E-state index in [-0.39, 0.29) is 5.91 Å². The summed E-state index contributed by atoms with van der Waals surface area (Å²) in [6.07, 6.45) is 2.02. The SMILES string of the molecule is O=C(Nc1ccccc1-c1cn2c(n1)SCC2)c1ccc(Cl)cc1Cl. The third-order valence-electron chi connectivity index (χ3n) is 3.93. The summed E-state index contributed by atoms with van der Waals surface area (Å²) in [5.41, 5.74) is 2.80. The van der Waals surface area contributed by atoms with Crippen LogP contribution in [-0.4, -0.2) is 21.2 Å². The standard InChI is InChI=1S/C18H13Cl2N3OS/c19-11-5-6-12(14(20)9-11)17(24)21-15-4-2-1-3-13(15)16-10-23-7-8-25-18(23)22-16/h1-6,9-10H,7-8H2,(H,21,24). The molecule has 3 aromatic rings. The Morgan fingerprint density at radius 2 is 2.04 bits per heavy atom. The van der Waals surface area contributed by atoms with Crippen LogP contribution in [-0.2, 0) is 6.54 Å². The third kappa shape index (κ3) is 3.27. The average Bonchev–Trinajstić information content (AvgIpc) is 3.16. The number of nitrogens with one attached hydrogen (secondary N) is 1. The number of benzene rings is 2. The number of carbonyl (C=O) groups is 1. The molecule has 25 heavy (non-hydrogen) atoms. The van der Waals surface area contributed by atoms with E-state index in [0.29, 0.717) is 21.3 Å². The molecule has 0 unspecified atom stereocenters. The number of halogens is 2. The molecule has 1 aromatic heterocycles. The molecule has 2 aromatic carbocycles. The Morgan fingerprint density at radius 3 is 2.84 bits per heavy atom. The topological polar surface area (TPSA) is 46.9 Å². The number of rotatable bonds is 3. The van der Waals surface area contributed by atoms with Crippen LogP contribution in [0.15, 0.2) is 53.8 Å². The number of nitrogens with zero attached hydrogens (tertiary/aromatic N) is 2. The van der Waals surface area contributed by atoms with Crippen molar-refractivity contribution >= 4 is 46.6 Å². The van der Waals surface area contributed by atoms with E-state index in [1.165, 1.54) is 0 Å². The van der Waals surface area contributed by atoms with Crippen molar-refractivity contribution in [3.63, 3.8) is 0 Å². The molecule has 0 bridgehead atoms. The molecule has 0 fully saturated rings. The second-order valence-corrected chi connectivity index (χ2v) is 7.48. The number of hydrogen-bond acceptors (Lipinski definition) is 3. The van der Waals surface area contributed by atoms with Crippen molar-refractivity contribution in [2.75, 3.05) is 11.1 Å². The van der Waals surface area contributed by atoms with Crippen LogP contribution in [0.4, 0.5) is 5.69 Å². The van der Waals surface area contributed by atoms with Crippen LogP contribution in [0.1, 0.15) is 10.4 Å². The minimum atomic E-state index is -0.282. The highest BCUT2D eigenvalue weighted by Crippen LogP contribution is 2.33. The fourth-order valence-electron chi connectivity index (χ4n) is 2.72. The summed E-state index contributed by atoms with van der Waals surface area (Å²) in [5, 5.41) is 4.75. The van der Waals surface area contributed by atoms with Gasteiger partial charge in [-0.3, -0.25) is 4.79 Å². The van der Waals surface area contributed by atoms with Gasteiger partial charge >= 0.3 is 0 Å². The Kier molecular flexibility index (Phi) is 4.46. The number of anilines is 1. The van der Waals surface area contributed by atoms with Crippen molar-refractivity contribution in [3.8, 4) is 11.3 Å². The lowest BCUT2D eigenvalue weighted by molar-refractivity contribution is 0.102. The predicted molar refractivity (Wildman–Crippen MR) is 103 cm³/mol. The molecule has 1 N–H and O–H groups in total. The first-order valence-electron chi connectivity index (χ1n) is 7.67. The van der Waals surface area contributed by atoms with E-state index in [1.807, 2.05) is 30.5 Å². The summed E-state index contributed by atoms with van der Waals surface area (Å²) in [5.74, 6) is 0.769. The minimum Gasteiger partial charge on any atom is -0.325 e. The van der Waals surface area contributed by atoms with Gasteiger partial charge in [-0.1, -0.05) is 53.2 Å². The predicted octanol–water partition coefficient (Wildman–Crippen LogP) is 5.21. The second kappa shape index (κ2) is 6.75. The number of aryl methyl sites for hydroxylation is 1. The Hall–Kier alpha value is -1.95. The van der Waals surface area contributed by atoms with Gasteiger partial charge in [0.05, 0.1) is 22.0 Å². The van der Waals surface area contributed by atoms with Gasteiger partial charge in [0.1, 0.15) is 0 Å². The zero-order valence-corrected chi connectivity index (χ0v) is 15.3. The number of imidazole rings is 1. The van der Waals surface area contributed by atoms with Crippen LogP contribution in [0.3, 0.4) is 0 Å². The van der Waals surface area contributed by atoms with Gasteiger partial charge in [-0.05, 0) is 24.3 Å². The number of aromatic nitrogens is 2. The third-order valence-corrected chi connectivity index (χ3v) is 5.45. The van der Waals surface area contributed by atoms with Gasteiger partial charge in [-0.15, -0.1) is 0 Å². The molecule has 1 aliphatic heterocycles. The maximum atomic E-state index is 12.6. The molecule has 0 radical (unpaired) electrons. The van der Waals surface area contributed by atoms with E-state index in [4.69, 9.17) is 23.2 Å². The molecule has 2 heterocycles. The molecule has 126 valence electrons. The summed E-state index contributed by atoms with van der Waals surface area (Å²) in [4.78, 5) is 17.3. The molecule has 4 nitrogen and oxygen atoms in total. The van der Waals surface area contributed by atoms with E-state index in [2.05, 4.69) is 14.9 Å². The van der Waals surface area contributed by atoms with Crippen molar-refractivity contribution in [1.82, 2.24) is 9.55 Å². The fraction of sp³-hybridized carbons (Fsp3) is 0.111. The minimum absolute atomic E-state index is 0.282. The largest absolute Gasteiger partial charge is 0.325 e. The quantitative estimate of drug-likeness (QED) is 0.668. The zero-order chi connectivity index (χ0) is 17.4. The maximum absolute atomic E-state index is 12.6. The normalized spacial score (nSPS) is 12.9. The summed E-state index contributed by atoms with van der Waals surface area (Å²) in [7, 11) is 0. The molecule has 0 saturated carbocycles. The first-order chi connectivity index (χ1) is 12.1. The summed E-state index contributed by atoms with van der Waals surface area (Å²) < 4.78 is 2.13. The molecular formula is C18H13Cl2N3OS. The molecule has 1 aliphatic rings. The number of hydrogen-bond donors (Lipinski definition) is 1. The van der Waals surface area contributed by atoms with Crippen LogP contribution in [0, 0.1) is 0 Å². The monoisotopic (exact) mass is 389 g/mol. The molecule has 0 saturated heterocycles. The fourth-order valence-corrected chi connectivity index (χ4v) is 4.16. The van der Waals surface area contributed by atoms with Crippen LogP contribution in [0.2, 0.25) is 10.0 Å². The second-order valence-electron chi connectivity index (χ2n) is 5.57.